The van der Waals surface area contributed by atoms with Gasteiger partial charge in [0.25, 0.3) is 0 Å². The highest BCUT2D eigenvalue weighted by atomic mass is 16.6. The Labute approximate surface area is 360 Å². The smallest absolute Gasteiger partial charge is 0.362 e. The zero-order valence-corrected chi connectivity index (χ0v) is 37.9. The Morgan fingerprint density at radius 3 is 1.54 bits per heavy atom. The quantitative estimate of drug-likeness (QED) is 0.0217. The average molecular weight is 823 g/mol. The van der Waals surface area contributed by atoms with Gasteiger partial charge in [-0.2, -0.15) is 0 Å². The molecule has 0 fully saturated rings. The van der Waals surface area contributed by atoms with Crippen molar-refractivity contribution in [1.82, 2.24) is 0 Å². The van der Waals surface area contributed by atoms with Gasteiger partial charge in [-0.3, -0.25) is 9.59 Å². The van der Waals surface area contributed by atoms with Crippen molar-refractivity contribution in [3.8, 4) is 0 Å². The number of hydrogen-bond donors (Lipinski definition) is 1. The standard InChI is InChI=1S/C51H83NO7/c1-6-8-10-12-14-16-18-20-22-24-25-26-28-30-32-34-36-38-40-42-50(54)59-47(45-57-44-43-48(51(55)56)52(3,4)5)46-58-49(53)41-39-37-35-33-31-29-27-23-21-19-17-15-13-11-9-7-2/h8,10,14,16,20,22-23,25-27,29-32,36,38,47-48H,6-7,9,11-13,15,17-19,21,24,28,33-35,37,39-46H2,1-5H3/p+1/b10-8+,16-14+,22-20+,26-25+,27-23+,31-29+,32-30+,38-36+. The summed E-state index contributed by atoms with van der Waals surface area (Å²) >= 11 is 0. The van der Waals surface area contributed by atoms with Crippen molar-refractivity contribution in [3.63, 3.8) is 0 Å². The van der Waals surface area contributed by atoms with E-state index in [0.717, 1.165) is 70.6 Å². The van der Waals surface area contributed by atoms with E-state index in [-0.39, 0.29) is 36.7 Å². The summed E-state index contributed by atoms with van der Waals surface area (Å²) in [4.78, 5) is 37.0. The number of quaternary nitrogens is 1. The Balaban J connectivity index is 4.53. The van der Waals surface area contributed by atoms with E-state index in [0.29, 0.717) is 19.3 Å². The fourth-order valence-electron chi connectivity index (χ4n) is 5.99. The first-order chi connectivity index (χ1) is 28.6. The number of hydrogen-bond acceptors (Lipinski definition) is 6. The molecule has 2 atom stereocenters. The van der Waals surface area contributed by atoms with Gasteiger partial charge in [-0.15, -0.1) is 0 Å². The minimum Gasteiger partial charge on any atom is -0.477 e. The molecule has 0 saturated carbocycles. The Kier molecular flexibility index (Phi) is 38.4. The maximum Gasteiger partial charge on any atom is 0.362 e. The first kappa shape index (κ1) is 55.2. The molecule has 0 aromatic carbocycles. The lowest BCUT2D eigenvalue weighted by atomic mass is 10.1. The number of allylic oxidation sites excluding steroid dienone is 16. The molecule has 0 rings (SSSR count). The van der Waals surface area contributed by atoms with Crippen LogP contribution in [0.15, 0.2) is 97.2 Å². The molecule has 8 heteroatoms. The van der Waals surface area contributed by atoms with Gasteiger partial charge in [0, 0.05) is 19.3 Å². The molecule has 0 bridgehead atoms. The van der Waals surface area contributed by atoms with Crippen LogP contribution in [0.2, 0.25) is 0 Å². The molecule has 0 saturated heterocycles. The third kappa shape index (κ3) is 39.5. The second-order valence-electron chi connectivity index (χ2n) is 15.9. The van der Waals surface area contributed by atoms with Crippen molar-refractivity contribution < 1.29 is 38.2 Å². The van der Waals surface area contributed by atoms with Crippen LogP contribution in [0.5, 0.6) is 0 Å². The van der Waals surface area contributed by atoms with Crippen LogP contribution in [0.4, 0.5) is 0 Å². The topological polar surface area (TPSA) is 99.1 Å². The number of carbonyl (C=O) groups excluding carboxylic acids is 2. The van der Waals surface area contributed by atoms with Crippen LogP contribution < -0.4 is 0 Å². The summed E-state index contributed by atoms with van der Waals surface area (Å²) in [5.41, 5.74) is 0. The minimum absolute atomic E-state index is 0.0161. The van der Waals surface area contributed by atoms with E-state index in [2.05, 4.69) is 98.9 Å². The third-order valence-corrected chi connectivity index (χ3v) is 9.51. The van der Waals surface area contributed by atoms with Gasteiger partial charge in [-0.05, 0) is 77.0 Å². The minimum atomic E-state index is -0.894. The Morgan fingerprint density at radius 2 is 1.03 bits per heavy atom. The molecule has 1 N–H and O–H groups in total. The van der Waals surface area contributed by atoms with Gasteiger partial charge < -0.3 is 23.8 Å². The number of carbonyl (C=O) groups is 3. The van der Waals surface area contributed by atoms with E-state index in [1.54, 1.807) is 0 Å². The number of carboxylic acids is 1. The van der Waals surface area contributed by atoms with Crippen molar-refractivity contribution in [1.29, 1.82) is 0 Å². The molecule has 59 heavy (non-hydrogen) atoms. The van der Waals surface area contributed by atoms with Crippen molar-refractivity contribution in [2.45, 2.75) is 167 Å². The van der Waals surface area contributed by atoms with Crippen molar-refractivity contribution in [2.75, 3.05) is 41.0 Å². The Hall–Kier alpha value is -3.75. The second kappa shape index (κ2) is 41.0. The van der Waals surface area contributed by atoms with Crippen LogP contribution >= 0.6 is 0 Å². The van der Waals surface area contributed by atoms with Crippen molar-refractivity contribution in [2.24, 2.45) is 0 Å². The Bertz CT molecular complexity index is 1280. The summed E-state index contributed by atoms with van der Waals surface area (Å²) in [6.07, 6.45) is 54.7. The molecule has 0 aromatic rings. The molecule has 0 radical (unpaired) electrons. The zero-order valence-electron chi connectivity index (χ0n) is 37.9. The lowest BCUT2D eigenvalue weighted by molar-refractivity contribution is -0.887. The largest absolute Gasteiger partial charge is 0.477 e. The second-order valence-corrected chi connectivity index (χ2v) is 15.9. The predicted molar refractivity (Wildman–Crippen MR) is 247 cm³/mol. The van der Waals surface area contributed by atoms with Crippen LogP contribution in [-0.2, 0) is 28.6 Å². The number of esters is 2. The lowest BCUT2D eigenvalue weighted by Crippen LogP contribution is -2.50. The van der Waals surface area contributed by atoms with Crippen molar-refractivity contribution in [3.05, 3.63) is 97.2 Å². The Morgan fingerprint density at radius 1 is 0.542 bits per heavy atom. The van der Waals surface area contributed by atoms with Crippen LogP contribution in [0, 0.1) is 0 Å². The van der Waals surface area contributed by atoms with Gasteiger partial charge in [0.1, 0.15) is 6.61 Å². The fourth-order valence-corrected chi connectivity index (χ4v) is 5.99. The highest BCUT2D eigenvalue weighted by Gasteiger charge is 2.31. The van der Waals surface area contributed by atoms with Gasteiger partial charge in [-0.1, -0.05) is 156 Å². The van der Waals surface area contributed by atoms with E-state index in [4.69, 9.17) is 14.2 Å². The number of likely N-dealkylation sites (N-methyl/N-ethyl adjacent to an activating group) is 1. The fraction of sp³-hybridized carbons (Fsp3) is 0.627. The molecule has 0 aliphatic heterocycles. The maximum atomic E-state index is 12.7. The van der Waals surface area contributed by atoms with Gasteiger partial charge >= 0.3 is 17.9 Å². The van der Waals surface area contributed by atoms with Crippen LogP contribution in [0.25, 0.3) is 0 Å². The normalized spacial score (nSPS) is 13.8. The van der Waals surface area contributed by atoms with E-state index in [1.807, 2.05) is 33.3 Å². The third-order valence-electron chi connectivity index (χ3n) is 9.51. The van der Waals surface area contributed by atoms with E-state index in [1.165, 1.54) is 44.9 Å². The molecule has 0 aliphatic rings. The summed E-state index contributed by atoms with van der Waals surface area (Å²) < 4.78 is 17.2. The number of ether oxygens (including phenoxy) is 3. The molecule has 334 valence electrons. The first-order valence-electron chi connectivity index (χ1n) is 22.8. The summed E-state index contributed by atoms with van der Waals surface area (Å²) in [5, 5.41) is 9.62. The highest BCUT2D eigenvalue weighted by Crippen LogP contribution is 2.11. The summed E-state index contributed by atoms with van der Waals surface area (Å²) in [7, 11) is 5.48. The monoisotopic (exact) mass is 823 g/mol. The molecular weight excluding hydrogens is 739 g/mol. The summed E-state index contributed by atoms with van der Waals surface area (Å²) in [5.74, 6) is -1.62. The molecule has 0 amide bonds. The maximum absolute atomic E-state index is 12.7. The van der Waals surface area contributed by atoms with E-state index in [9.17, 15) is 19.5 Å². The molecule has 0 heterocycles. The highest BCUT2D eigenvalue weighted by molar-refractivity contribution is 5.72. The van der Waals surface area contributed by atoms with Gasteiger partial charge in [0.2, 0.25) is 0 Å². The molecule has 8 nitrogen and oxygen atoms in total. The first-order valence-corrected chi connectivity index (χ1v) is 22.8. The predicted octanol–water partition coefficient (Wildman–Crippen LogP) is 12.7. The van der Waals surface area contributed by atoms with E-state index < -0.39 is 24.1 Å². The SMILES string of the molecule is CC/C=C/C/C=C/C/C=C/C/C=C/C/C=C/C/C=C/CCC(=O)OC(COCCC(C(=O)O)[N+](C)(C)C)COC(=O)CCCCC/C=C/C=C/CCCCCCCCC. The number of rotatable bonds is 39. The number of nitrogens with zero attached hydrogens (tertiary/aromatic N) is 1. The average Bonchev–Trinajstić information content (AvgIpc) is 3.19. The number of carboxylic acid groups (broad SMARTS) is 1. The van der Waals surface area contributed by atoms with Gasteiger partial charge in [0.05, 0.1) is 34.4 Å². The molecule has 0 spiro atoms. The van der Waals surface area contributed by atoms with Gasteiger partial charge in [0.15, 0.2) is 12.1 Å². The molecule has 0 aliphatic carbocycles. The molecular formula is C51H84NO7+. The molecule has 2 unspecified atom stereocenters. The summed E-state index contributed by atoms with van der Waals surface area (Å²) in [6, 6.07) is -0.637. The molecule has 0 aromatic heterocycles. The zero-order chi connectivity index (χ0) is 43.5. The van der Waals surface area contributed by atoms with E-state index >= 15 is 0 Å². The van der Waals surface area contributed by atoms with Gasteiger partial charge in [-0.25, -0.2) is 4.79 Å². The lowest BCUT2D eigenvalue weighted by Gasteiger charge is -2.31. The summed E-state index contributed by atoms with van der Waals surface area (Å²) in [6.45, 7) is 4.49. The van der Waals surface area contributed by atoms with Crippen LogP contribution in [0.1, 0.15) is 155 Å². The van der Waals surface area contributed by atoms with Crippen molar-refractivity contribution >= 4 is 17.9 Å². The van der Waals surface area contributed by atoms with Crippen LogP contribution in [0.3, 0.4) is 0 Å². The van der Waals surface area contributed by atoms with Crippen LogP contribution in [-0.4, -0.2) is 80.6 Å². The number of aliphatic carboxylic acids is 1. The number of unbranched alkanes of at least 4 members (excludes halogenated alkanes) is 10.